The van der Waals surface area contributed by atoms with Crippen molar-refractivity contribution in [3.05, 3.63) is 33.2 Å². The maximum atomic E-state index is 12.7. The first kappa shape index (κ1) is 17.2. The van der Waals surface area contributed by atoms with Crippen molar-refractivity contribution in [2.24, 2.45) is 0 Å². The molecular formula is C18H27N3O3. The fourth-order valence-electron chi connectivity index (χ4n) is 4.05. The summed E-state index contributed by atoms with van der Waals surface area (Å²) in [6.45, 7) is 6.36. The molecule has 0 aromatic carbocycles. The summed E-state index contributed by atoms with van der Waals surface area (Å²) in [5.41, 5.74) is 1.45. The minimum Gasteiger partial charge on any atom is -0.391 e. The molecule has 1 aliphatic heterocycles. The zero-order valence-electron chi connectivity index (χ0n) is 14.5. The van der Waals surface area contributed by atoms with Crippen LogP contribution in [0.25, 0.3) is 0 Å². The Kier molecular flexibility index (Phi) is 5.06. The molecule has 2 heterocycles. The number of hydrogen-bond donors (Lipinski definition) is 2. The van der Waals surface area contributed by atoms with E-state index in [0.717, 1.165) is 43.6 Å². The summed E-state index contributed by atoms with van der Waals surface area (Å²) in [6, 6.07) is 2.06. The van der Waals surface area contributed by atoms with Gasteiger partial charge >= 0.3 is 0 Å². The number of nitrogens with one attached hydrogen (secondary N) is 1. The van der Waals surface area contributed by atoms with Gasteiger partial charge in [-0.15, -0.1) is 0 Å². The van der Waals surface area contributed by atoms with Gasteiger partial charge in [-0.1, -0.05) is 12.8 Å². The number of aliphatic hydroxyl groups is 1. The molecule has 0 bridgehead atoms. The van der Waals surface area contributed by atoms with E-state index in [1.807, 2.05) is 19.9 Å². The number of aryl methyl sites for hydroxylation is 2. The molecule has 3 rings (SSSR count). The molecule has 2 atom stereocenters. The highest BCUT2D eigenvalue weighted by Crippen LogP contribution is 2.24. The second-order valence-corrected chi connectivity index (χ2v) is 7.09. The number of piperazine rings is 1. The van der Waals surface area contributed by atoms with Gasteiger partial charge in [0.15, 0.2) is 0 Å². The number of nitrogens with zero attached hydrogens (tertiary/aromatic N) is 2. The van der Waals surface area contributed by atoms with Crippen LogP contribution in [0.4, 0.5) is 0 Å². The van der Waals surface area contributed by atoms with Crippen molar-refractivity contribution < 1.29 is 9.90 Å². The molecule has 0 radical (unpaired) electrons. The van der Waals surface area contributed by atoms with Gasteiger partial charge in [0, 0.05) is 37.9 Å². The molecule has 2 fully saturated rings. The van der Waals surface area contributed by atoms with Gasteiger partial charge in [-0.25, -0.2) is 0 Å². The number of amides is 1. The molecule has 0 unspecified atom stereocenters. The minimum atomic E-state index is -0.303. The van der Waals surface area contributed by atoms with Crippen LogP contribution in [-0.2, 0) is 0 Å². The number of aromatic amines is 1. The van der Waals surface area contributed by atoms with E-state index in [-0.39, 0.29) is 29.2 Å². The highest BCUT2D eigenvalue weighted by Gasteiger charge is 2.32. The molecule has 0 spiro atoms. The number of H-pyrrole nitrogens is 1. The zero-order chi connectivity index (χ0) is 17.3. The lowest BCUT2D eigenvalue weighted by molar-refractivity contribution is -0.00176. The van der Waals surface area contributed by atoms with Crippen LogP contribution in [0.15, 0.2) is 10.9 Å². The molecule has 132 valence electrons. The van der Waals surface area contributed by atoms with Gasteiger partial charge < -0.3 is 15.0 Å². The van der Waals surface area contributed by atoms with Crippen LogP contribution in [-0.4, -0.2) is 64.1 Å². The first-order chi connectivity index (χ1) is 11.5. The molecule has 6 nitrogen and oxygen atoms in total. The third kappa shape index (κ3) is 3.39. The highest BCUT2D eigenvalue weighted by molar-refractivity contribution is 5.95. The quantitative estimate of drug-likeness (QED) is 0.848. The second-order valence-electron chi connectivity index (χ2n) is 7.09. The lowest BCUT2D eigenvalue weighted by Gasteiger charge is -2.42. The van der Waals surface area contributed by atoms with Crippen LogP contribution < -0.4 is 5.56 Å². The number of carbonyl (C=O) groups excluding carboxylic acids is 1. The number of carbonyl (C=O) groups is 1. The fraction of sp³-hybridized carbons (Fsp3) is 0.667. The standard InChI is InChI=1S/C18H27N3O3/c1-12-11-13(2)19-17(23)16(12)18(24)21-9-7-20(8-10-21)14-5-3-4-6-15(14)22/h11,14-15,22H,3-10H2,1-2H3,(H,19,23)/t14-,15-/m0/s1. The molecule has 1 amide bonds. The summed E-state index contributed by atoms with van der Waals surface area (Å²) in [6.07, 6.45) is 3.93. The van der Waals surface area contributed by atoms with E-state index in [2.05, 4.69) is 9.88 Å². The number of aliphatic hydroxyl groups excluding tert-OH is 1. The monoisotopic (exact) mass is 333 g/mol. The molecule has 2 aliphatic rings. The van der Waals surface area contributed by atoms with Gasteiger partial charge in [0.05, 0.1) is 6.10 Å². The Morgan fingerprint density at radius 3 is 2.46 bits per heavy atom. The van der Waals surface area contributed by atoms with Gasteiger partial charge in [-0.05, 0) is 38.3 Å². The van der Waals surface area contributed by atoms with E-state index in [1.54, 1.807) is 4.90 Å². The number of hydrogen-bond acceptors (Lipinski definition) is 4. The smallest absolute Gasteiger partial charge is 0.261 e. The van der Waals surface area contributed by atoms with Gasteiger partial charge in [0.25, 0.3) is 11.5 Å². The molecule has 6 heteroatoms. The Morgan fingerprint density at radius 2 is 1.83 bits per heavy atom. The van der Waals surface area contributed by atoms with Gasteiger partial charge in [0.1, 0.15) is 5.56 Å². The van der Waals surface area contributed by atoms with E-state index in [9.17, 15) is 14.7 Å². The molecule has 2 N–H and O–H groups in total. The number of pyridine rings is 1. The maximum Gasteiger partial charge on any atom is 0.261 e. The van der Waals surface area contributed by atoms with Crippen molar-refractivity contribution in [1.29, 1.82) is 0 Å². The third-order valence-corrected chi connectivity index (χ3v) is 5.34. The van der Waals surface area contributed by atoms with Crippen molar-refractivity contribution in [2.75, 3.05) is 26.2 Å². The largest absolute Gasteiger partial charge is 0.391 e. The Labute approximate surface area is 142 Å². The van der Waals surface area contributed by atoms with Crippen LogP contribution in [0.3, 0.4) is 0 Å². The summed E-state index contributed by atoms with van der Waals surface area (Å²) in [4.78, 5) is 31.7. The van der Waals surface area contributed by atoms with Crippen molar-refractivity contribution in [2.45, 2.75) is 51.7 Å². The van der Waals surface area contributed by atoms with Crippen LogP contribution in [0.1, 0.15) is 47.3 Å². The normalized spacial score (nSPS) is 25.7. The second kappa shape index (κ2) is 7.07. The minimum absolute atomic E-state index is 0.183. The predicted molar refractivity (Wildman–Crippen MR) is 92.3 cm³/mol. The lowest BCUT2D eigenvalue weighted by Crippen LogP contribution is -2.55. The van der Waals surface area contributed by atoms with Gasteiger partial charge in [-0.3, -0.25) is 14.5 Å². The van der Waals surface area contributed by atoms with Crippen molar-refractivity contribution in [3.63, 3.8) is 0 Å². The van der Waals surface area contributed by atoms with E-state index >= 15 is 0 Å². The Hall–Kier alpha value is -1.66. The Bertz CT molecular complexity index is 662. The fourth-order valence-corrected chi connectivity index (χ4v) is 4.05. The SMILES string of the molecule is Cc1cc(C)c(C(=O)N2CCN([C@H]3CCCC[C@@H]3O)CC2)c(=O)[nH]1. The summed E-state index contributed by atoms with van der Waals surface area (Å²) in [5, 5.41) is 10.2. The highest BCUT2D eigenvalue weighted by atomic mass is 16.3. The zero-order valence-corrected chi connectivity index (χ0v) is 14.5. The topological polar surface area (TPSA) is 76.6 Å². The molecular weight excluding hydrogens is 306 g/mol. The predicted octanol–water partition coefficient (Wildman–Crippen LogP) is 1.05. The van der Waals surface area contributed by atoms with Crippen molar-refractivity contribution in [1.82, 2.24) is 14.8 Å². The average molecular weight is 333 g/mol. The van der Waals surface area contributed by atoms with Crippen molar-refractivity contribution in [3.8, 4) is 0 Å². The van der Waals surface area contributed by atoms with E-state index in [0.29, 0.717) is 13.1 Å². The summed E-state index contributed by atoms with van der Waals surface area (Å²) >= 11 is 0. The first-order valence-electron chi connectivity index (χ1n) is 8.89. The molecule has 1 saturated carbocycles. The van der Waals surface area contributed by atoms with Crippen LogP contribution in [0, 0.1) is 13.8 Å². The van der Waals surface area contributed by atoms with Crippen LogP contribution in [0.2, 0.25) is 0 Å². The maximum absolute atomic E-state index is 12.7. The van der Waals surface area contributed by atoms with Crippen molar-refractivity contribution >= 4 is 5.91 Å². The summed E-state index contributed by atoms with van der Waals surface area (Å²) < 4.78 is 0. The number of aromatic nitrogens is 1. The van der Waals surface area contributed by atoms with Gasteiger partial charge in [-0.2, -0.15) is 0 Å². The van der Waals surface area contributed by atoms with Crippen LogP contribution in [0.5, 0.6) is 0 Å². The molecule has 1 aromatic heterocycles. The van der Waals surface area contributed by atoms with E-state index < -0.39 is 0 Å². The first-order valence-corrected chi connectivity index (χ1v) is 8.89. The average Bonchev–Trinajstić information content (AvgIpc) is 2.54. The van der Waals surface area contributed by atoms with Crippen LogP contribution >= 0.6 is 0 Å². The Balaban J connectivity index is 1.66. The molecule has 24 heavy (non-hydrogen) atoms. The van der Waals surface area contributed by atoms with E-state index in [4.69, 9.17) is 0 Å². The molecule has 1 saturated heterocycles. The van der Waals surface area contributed by atoms with E-state index in [1.165, 1.54) is 6.42 Å². The lowest BCUT2D eigenvalue weighted by atomic mass is 9.91. The Morgan fingerprint density at radius 1 is 1.17 bits per heavy atom. The number of rotatable bonds is 2. The summed E-state index contributed by atoms with van der Waals surface area (Å²) in [7, 11) is 0. The third-order valence-electron chi connectivity index (χ3n) is 5.34. The molecule has 1 aliphatic carbocycles. The molecule has 1 aromatic rings. The summed E-state index contributed by atoms with van der Waals surface area (Å²) in [5.74, 6) is -0.183. The van der Waals surface area contributed by atoms with Gasteiger partial charge in [0.2, 0.25) is 0 Å².